The van der Waals surface area contributed by atoms with Crippen molar-refractivity contribution in [3.8, 4) is 0 Å². The van der Waals surface area contributed by atoms with Crippen molar-refractivity contribution in [1.29, 1.82) is 0 Å². The van der Waals surface area contributed by atoms with Gasteiger partial charge < -0.3 is 5.32 Å². The minimum Gasteiger partial charge on any atom is -0.316 e. The Bertz CT molecular complexity index is 433. The summed E-state index contributed by atoms with van der Waals surface area (Å²) in [6.45, 7) is 11.0. The van der Waals surface area contributed by atoms with Gasteiger partial charge in [0.1, 0.15) is 5.82 Å². The molecule has 1 aliphatic carbocycles. The molecule has 112 valence electrons. The summed E-state index contributed by atoms with van der Waals surface area (Å²) >= 11 is 0. The zero-order valence-corrected chi connectivity index (χ0v) is 13.2. The van der Waals surface area contributed by atoms with E-state index in [4.69, 9.17) is 0 Å². The van der Waals surface area contributed by atoms with E-state index in [2.05, 4.69) is 39.1 Å². The van der Waals surface area contributed by atoms with Crippen molar-refractivity contribution in [2.75, 3.05) is 13.1 Å². The highest BCUT2D eigenvalue weighted by Gasteiger charge is 2.46. The first-order chi connectivity index (χ1) is 9.43. The molecule has 0 aliphatic heterocycles. The molecule has 1 aromatic rings. The molecule has 2 heteroatoms. The lowest BCUT2D eigenvalue weighted by Gasteiger charge is -2.50. The molecule has 0 aromatic heterocycles. The molecule has 0 saturated heterocycles. The quantitative estimate of drug-likeness (QED) is 0.814. The van der Waals surface area contributed by atoms with E-state index in [1.807, 2.05) is 6.07 Å². The van der Waals surface area contributed by atoms with Crippen LogP contribution in [0.5, 0.6) is 0 Å². The van der Waals surface area contributed by atoms with Crippen LogP contribution in [0.15, 0.2) is 24.3 Å². The highest BCUT2D eigenvalue weighted by Crippen LogP contribution is 2.50. The lowest BCUT2D eigenvalue weighted by atomic mass is 9.56. The zero-order valence-electron chi connectivity index (χ0n) is 13.2. The van der Waals surface area contributed by atoms with Gasteiger partial charge in [-0.25, -0.2) is 4.39 Å². The molecule has 0 unspecified atom stereocenters. The molecule has 0 atom stereocenters. The lowest BCUT2D eigenvalue weighted by molar-refractivity contribution is 0.0968. The van der Waals surface area contributed by atoms with Crippen LogP contribution in [0.3, 0.4) is 0 Å². The molecule has 1 N–H and O–H groups in total. The highest BCUT2D eigenvalue weighted by molar-refractivity contribution is 5.30. The standard InChI is InChI=1S/C18H28FN/c1-13(2)11-20-12-18(9-15(10-18)14(3)4)16-6-5-7-17(19)8-16/h5-8,13-15,20H,9-12H2,1-4H3. The first-order valence-electron chi connectivity index (χ1n) is 7.90. The van der Waals surface area contributed by atoms with E-state index in [9.17, 15) is 4.39 Å². The van der Waals surface area contributed by atoms with Crippen LogP contribution in [0.1, 0.15) is 46.1 Å². The Labute approximate surface area is 123 Å². The molecule has 0 amide bonds. The molecule has 1 aromatic carbocycles. The maximum atomic E-state index is 13.5. The second-order valence-electron chi connectivity index (χ2n) is 7.23. The molecule has 1 nitrogen and oxygen atoms in total. The summed E-state index contributed by atoms with van der Waals surface area (Å²) in [7, 11) is 0. The van der Waals surface area contributed by atoms with E-state index >= 15 is 0 Å². The van der Waals surface area contributed by atoms with E-state index in [-0.39, 0.29) is 11.2 Å². The van der Waals surface area contributed by atoms with E-state index in [0.717, 1.165) is 24.9 Å². The van der Waals surface area contributed by atoms with Gasteiger partial charge in [0.15, 0.2) is 0 Å². The Kier molecular flexibility index (Phi) is 4.85. The zero-order chi connectivity index (χ0) is 14.8. The monoisotopic (exact) mass is 277 g/mol. The van der Waals surface area contributed by atoms with Gasteiger partial charge in [0.05, 0.1) is 0 Å². The molecule has 1 saturated carbocycles. The van der Waals surface area contributed by atoms with Gasteiger partial charge in [-0.15, -0.1) is 0 Å². The largest absolute Gasteiger partial charge is 0.316 e. The van der Waals surface area contributed by atoms with Crippen LogP contribution >= 0.6 is 0 Å². The third-order valence-electron chi connectivity index (χ3n) is 4.70. The van der Waals surface area contributed by atoms with Crippen LogP contribution in [-0.2, 0) is 5.41 Å². The molecule has 0 heterocycles. The van der Waals surface area contributed by atoms with Gasteiger partial charge in [-0.2, -0.15) is 0 Å². The van der Waals surface area contributed by atoms with Crippen molar-refractivity contribution in [1.82, 2.24) is 5.32 Å². The van der Waals surface area contributed by atoms with Gasteiger partial charge >= 0.3 is 0 Å². The van der Waals surface area contributed by atoms with Crippen LogP contribution in [0.2, 0.25) is 0 Å². The number of halogens is 1. The van der Waals surface area contributed by atoms with Crippen molar-refractivity contribution >= 4 is 0 Å². The summed E-state index contributed by atoms with van der Waals surface area (Å²) in [5.41, 5.74) is 1.32. The highest BCUT2D eigenvalue weighted by atomic mass is 19.1. The minimum absolute atomic E-state index is 0.112. The summed E-state index contributed by atoms with van der Waals surface area (Å²) in [6, 6.07) is 7.21. The van der Waals surface area contributed by atoms with Crippen molar-refractivity contribution < 1.29 is 4.39 Å². The number of hydrogen-bond acceptors (Lipinski definition) is 1. The van der Waals surface area contributed by atoms with Gasteiger partial charge in [0.2, 0.25) is 0 Å². The predicted molar refractivity (Wildman–Crippen MR) is 83.3 cm³/mol. The Hall–Kier alpha value is -0.890. The normalized spacial score (nSPS) is 26.1. The summed E-state index contributed by atoms with van der Waals surface area (Å²) in [5.74, 6) is 2.04. The Morgan fingerprint density at radius 3 is 2.50 bits per heavy atom. The average Bonchev–Trinajstić information content (AvgIpc) is 2.31. The average molecular weight is 277 g/mol. The molecule has 0 bridgehead atoms. The van der Waals surface area contributed by atoms with Gasteiger partial charge in [-0.1, -0.05) is 39.8 Å². The van der Waals surface area contributed by atoms with Crippen molar-refractivity contribution in [3.05, 3.63) is 35.6 Å². The SMILES string of the molecule is CC(C)CNCC1(c2cccc(F)c2)CC(C(C)C)C1. The first-order valence-corrected chi connectivity index (χ1v) is 7.90. The molecule has 1 fully saturated rings. The fourth-order valence-electron chi connectivity index (χ4n) is 3.32. The number of rotatable bonds is 6. The Balaban J connectivity index is 2.10. The Morgan fingerprint density at radius 1 is 1.25 bits per heavy atom. The Morgan fingerprint density at radius 2 is 1.95 bits per heavy atom. The van der Waals surface area contributed by atoms with Crippen molar-refractivity contribution in [3.63, 3.8) is 0 Å². The number of hydrogen-bond donors (Lipinski definition) is 1. The summed E-state index contributed by atoms with van der Waals surface area (Å²) in [4.78, 5) is 0. The van der Waals surface area contributed by atoms with E-state index < -0.39 is 0 Å². The second kappa shape index (κ2) is 6.26. The lowest BCUT2D eigenvalue weighted by Crippen LogP contribution is -2.50. The maximum absolute atomic E-state index is 13.5. The third-order valence-corrected chi connectivity index (χ3v) is 4.70. The van der Waals surface area contributed by atoms with E-state index in [1.54, 1.807) is 6.07 Å². The third kappa shape index (κ3) is 3.41. The fraction of sp³-hybridized carbons (Fsp3) is 0.667. The molecule has 2 rings (SSSR count). The predicted octanol–water partition coefficient (Wildman–Crippen LogP) is 4.38. The van der Waals surface area contributed by atoms with Gasteiger partial charge in [0, 0.05) is 12.0 Å². The van der Waals surface area contributed by atoms with Crippen molar-refractivity contribution in [2.45, 2.75) is 46.0 Å². The molecule has 1 aliphatic rings. The van der Waals surface area contributed by atoms with Crippen LogP contribution in [0.4, 0.5) is 4.39 Å². The van der Waals surface area contributed by atoms with Crippen LogP contribution < -0.4 is 5.32 Å². The summed E-state index contributed by atoms with van der Waals surface area (Å²) < 4.78 is 13.5. The van der Waals surface area contributed by atoms with Crippen molar-refractivity contribution in [2.24, 2.45) is 17.8 Å². The fourth-order valence-corrected chi connectivity index (χ4v) is 3.32. The summed E-state index contributed by atoms with van der Waals surface area (Å²) in [5, 5.41) is 3.58. The minimum atomic E-state index is -0.112. The van der Waals surface area contributed by atoms with Crippen LogP contribution in [0, 0.1) is 23.6 Å². The van der Waals surface area contributed by atoms with E-state index in [0.29, 0.717) is 5.92 Å². The molecular weight excluding hydrogens is 249 g/mol. The first kappa shape index (κ1) is 15.5. The topological polar surface area (TPSA) is 12.0 Å². The molecule has 0 spiro atoms. The smallest absolute Gasteiger partial charge is 0.123 e. The van der Waals surface area contributed by atoms with Gasteiger partial charge in [0.25, 0.3) is 0 Å². The molecule has 20 heavy (non-hydrogen) atoms. The number of nitrogens with one attached hydrogen (secondary N) is 1. The van der Waals surface area contributed by atoms with Crippen LogP contribution in [0.25, 0.3) is 0 Å². The maximum Gasteiger partial charge on any atom is 0.123 e. The van der Waals surface area contributed by atoms with Gasteiger partial charge in [-0.05, 0) is 54.8 Å². The van der Waals surface area contributed by atoms with E-state index in [1.165, 1.54) is 24.5 Å². The summed E-state index contributed by atoms with van der Waals surface area (Å²) in [6.07, 6.45) is 2.36. The van der Waals surface area contributed by atoms with Gasteiger partial charge in [-0.3, -0.25) is 0 Å². The van der Waals surface area contributed by atoms with Crippen LogP contribution in [-0.4, -0.2) is 13.1 Å². The second-order valence-corrected chi connectivity index (χ2v) is 7.23. The molecular formula is C18H28FN. The molecule has 0 radical (unpaired) electrons. The number of benzene rings is 1.